The summed E-state index contributed by atoms with van der Waals surface area (Å²) in [5.74, 6) is -0.227. The first-order valence-electron chi connectivity index (χ1n) is 9.30. The number of methoxy groups -OCH3 is 1. The van der Waals surface area contributed by atoms with Crippen LogP contribution in [0.25, 0.3) is 10.6 Å². The monoisotopic (exact) mass is 440 g/mol. The zero-order chi connectivity index (χ0) is 22.4. The van der Waals surface area contributed by atoms with Gasteiger partial charge in [0.2, 0.25) is 5.75 Å². The molecule has 0 aliphatic carbocycles. The Morgan fingerprint density at radius 1 is 1.32 bits per heavy atom. The molecule has 0 bridgehead atoms. The van der Waals surface area contributed by atoms with Crippen LogP contribution < -0.4 is 14.9 Å². The lowest BCUT2D eigenvalue weighted by Crippen LogP contribution is -2.19. The van der Waals surface area contributed by atoms with E-state index in [0.717, 1.165) is 15.4 Å². The fourth-order valence-corrected chi connectivity index (χ4v) is 3.73. The van der Waals surface area contributed by atoms with E-state index < -0.39 is 10.8 Å². The summed E-state index contributed by atoms with van der Waals surface area (Å²) < 4.78 is 10.5. The quantitative estimate of drug-likeness (QED) is 0.319. The van der Waals surface area contributed by atoms with E-state index in [1.165, 1.54) is 30.7 Å². The Bertz CT molecular complexity index is 1130. The first-order valence-corrected chi connectivity index (χ1v) is 10.1. The van der Waals surface area contributed by atoms with E-state index in [-0.39, 0.29) is 22.9 Å². The lowest BCUT2D eigenvalue weighted by Gasteiger charge is -2.10. The van der Waals surface area contributed by atoms with Gasteiger partial charge in [0.1, 0.15) is 10.7 Å². The number of hydrazone groups is 1. The summed E-state index contributed by atoms with van der Waals surface area (Å²) in [5.41, 5.74) is 3.72. The van der Waals surface area contributed by atoms with Crippen molar-refractivity contribution < 1.29 is 19.2 Å². The molecule has 1 heterocycles. The van der Waals surface area contributed by atoms with Gasteiger partial charge in [-0.3, -0.25) is 14.9 Å². The highest BCUT2D eigenvalue weighted by Gasteiger charge is 2.21. The molecule has 0 fully saturated rings. The molecule has 9 nitrogen and oxygen atoms in total. The SMILES string of the molecule is CCOc1cc(/C=N\NC(=O)c2nc(-c3ccccc3)sc2C)cc([N+](=O)[O-])c1OC. The maximum Gasteiger partial charge on any atom is 0.315 e. The maximum absolute atomic E-state index is 12.5. The van der Waals surface area contributed by atoms with Crippen molar-refractivity contribution in [1.82, 2.24) is 10.4 Å². The van der Waals surface area contributed by atoms with E-state index in [9.17, 15) is 14.9 Å². The summed E-state index contributed by atoms with van der Waals surface area (Å²) in [6.45, 7) is 3.87. The van der Waals surface area contributed by atoms with Crippen molar-refractivity contribution in [2.75, 3.05) is 13.7 Å². The molecule has 3 rings (SSSR count). The molecule has 31 heavy (non-hydrogen) atoms. The fourth-order valence-electron chi connectivity index (χ4n) is 2.82. The molecule has 0 spiro atoms. The van der Waals surface area contributed by atoms with Crippen LogP contribution in [0.15, 0.2) is 47.6 Å². The number of amides is 1. The van der Waals surface area contributed by atoms with E-state index in [1.54, 1.807) is 13.0 Å². The van der Waals surface area contributed by atoms with Crippen LogP contribution in [-0.2, 0) is 0 Å². The van der Waals surface area contributed by atoms with Gasteiger partial charge in [-0.2, -0.15) is 5.10 Å². The number of aryl methyl sites for hydroxylation is 1. The molecular weight excluding hydrogens is 420 g/mol. The Balaban J connectivity index is 1.80. The number of nitrogens with one attached hydrogen (secondary N) is 1. The molecule has 0 saturated carbocycles. The molecular formula is C21H20N4O5S. The molecule has 2 aromatic carbocycles. The van der Waals surface area contributed by atoms with Gasteiger partial charge in [0.05, 0.1) is 24.9 Å². The first kappa shape index (κ1) is 21.9. The zero-order valence-corrected chi connectivity index (χ0v) is 17.9. The summed E-state index contributed by atoms with van der Waals surface area (Å²) in [5, 5.41) is 16.0. The number of hydrogen-bond acceptors (Lipinski definition) is 8. The molecule has 10 heteroatoms. The van der Waals surface area contributed by atoms with Gasteiger partial charge in [-0.15, -0.1) is 11.3 Å². The minimum Gasteiger partial charge on any atom is -0.490 e. The number of rotatable bonds is 8. The van der Waals surface area contributed by atoms with Crippen LogP contribution in [0.5, 0.6) is 11.5 Å². The van der Waals surface area contributed by atoms with E-state index in [2.05, 4.69) is 15.5 Å². The smallest absolute Gasteiger partial charge is 0.315 e. The van der Waals surface area contributed by atoms with Crippen molar-refractivity contribution in [2.45, 2.75) is 13.8 Å². The molecule has 0 aliphatic rings. The average Bonchev–Trinajstić information content (AvgIpc) is 3.16. The van der Waals surface area contributed by atoms with Gasteiger partial charge in [-0.25, -0.2) is 10.4 Å². The standard InChI is InChI=1S/C21H20N4O5S/c1-4-30-17-11-14(10-16(25(27)28)19(17)29-3)12-22-24-20(26)18-13(2)31-21(23-18)15-8-6-5-7-9-15/h5-12H,4H2,1-3H3,(H,24,26)/b22-12-. The van der Waals surface area contributed by atoms with Crippen molar-refractivity contribution >= 4 is 29.1 Å². The van der Waals surface area contributed by atoms with Crippen molar-refractivity contribution in [3.63, 3.8) is 0 Å². The van der Waals surface area contributed by atoms with Crippen LogP contribution in [0.4, 0.5) is 5.69 Å². The topological polar surface area (TPSA) is 116 Å². The van der Waals surface area contributed by atoms with Gasteiger partial charge in [0, 0.05) is 22.1 Å². The summed E-state index contributed by atoms with van der Waals surface area (Å²) in [6, 6.07) is 12.4. The number of carbonyl (C=O) groups excluding carboxylic acids is 1. The Morgan fingerprint density at radius 2 is 2.06 bits per heavy atom. The highest BCUT2D eigenvalue weighted by atomic mass is 32.1. The van der Waals surface area contributed by atoms with E-state index in [0.29, 0.717) is 12.2 Å². The number of nitro benzene ring substituents is 1. The van der Waals surface area contributed by atoms with Crippen LogP contribution in [-0.4, -0.2) is 35.7 Å². The molecule has 0 aliphatic heterocycles. The summed E-state index contributed by atoms with van der Waals surface area (Å²) >= 11 is 1.41. The second kappa shape index (κ2) is 9.81. The predicted octanol–water partition coefficient (Wildman–Crippen LogP) is 4.20. The Morgan fingerprint density at radius 3 is 2.71 bits per heavy atom. The van der Waals surface area contributed by atoms with Gasteiger partial charge in [0.15, 0.2) is 5.75 Å². The molecule has 1 amide bonds. The third-order valence-electron chi connectivity index (χ3n) is 4.17. The molecule has 3 aromatic rings. The number of hydrogen-bond donors (Lipinski definition) is 1. The number of nitrogens with zero attached hydrogens (tertiary/aromatic N) is 3. The zero-order valence-electron chi connectivity index (χ0n) is 17.1. The van der Waals surface area contributed by atoms with Crippen LogP contribution >= 0.6 is 11.3 Å². The Kier molecular flexibility index (Phi) is 6.93. The fraction of sp³-hybridized carbons (Fsp3) is 0.190. The average molecular weight is 440 g/mol. The number of carbonyl (C=O) groups is 1. The number of benzene rings is 2. The van der Waals surface area contributed by atoms with E-state index in [4.69, 9.17) is 9.47 Å². The van der Waals surface area contributed by atoms with Crippen molar-refractivity contribution in [1.29, 1.82) is 0 Å². The van der Waals surface area contributed by atoms with E-state index >= 15 is 0 Å². The number of ether oxygens (including phenoxy) is 2. The van der Waals surface area contributed by atoms with Crippen LogP contribution in [0.1, 0.15) is 27.9 Å². The molecule has 1 N–H and O–H groups in total. The highest BCUT2D eigenvalue weighted by Crippen LogP contribution is 2.37. The number of aromatic nitrogens is 1. The molecule has 0 atom stereocenters. The van der Waals surface area contributed by atoms with E-state index in [1.807, 2.05) is 37.3 Å². The largest absolute Gasteiger partial charge is 0.490 e. The predicted molar refractivity (Wildman–Crippen MR) is 118 cm³/mol. The third kappa shape index (κ3) is 5.04. The molecule has 1 aromatic heterocycles. The minimum atomic E-state index is -0.568. The second-order valence-electron chi connectivity index (χ2n) is 6.25. The van der Waals surface area contributed by atoms with Gasteiger partial charge in [-0.05, 0) is 19.9 Å². The molecule has 0 saturated heterocycles. The number of nitro groups is 1. The molecule has 160 valence electrons. The van der Waals surface area contributed by atoms with Crippen molar-refractivity contribution in [2.24, 2.45) is 5.10 Å². The van der Waals surface area contributed by atoms with Gasteiger partial charge >= 0.3 is 5.69 Å². The van der Waals surface area contributed by atoms with Crippen molar-refractivity contribution in [3.8, 4) is 22.1 Å². The molecule has 0 unspecified atom stereocenters. The highest BCUT2D eigenvalue weighted by molar-refractivity contribution is 7.15. The normalized spacial score (nSPS) is 10.8. The summed E-state index contributed by atoms with van der Waals surface area (Å²) in [4.78, 5) is 28.5. The lowest BCUT2D eigenvalue weighted by atomic mass is 10.2. The minimum absolute atomic E-state index is 0.0274. The second-order valence-corrected chi connectivity index (χ2v) is 7.45. The summed E-state index contributed by atoms with van der Waals surface area (Å²) in [6.07, 6.45) is 1.30. The lowest BCUT2D eigenvalue weighted by molar-refractivity contribution is -0.385. The summed E-state index contributed by atoms with van der Waals surface area (Å²) in [7, 11) is 1.33. The Labute approximate surface area is 182 Å². The first-order chi connectivity index (χ1) is 14.9. The maximum atomic E-state index is 12.5. The number of thiazole rings is 1. The van der Waals surface area contributed by atoms with Gasteiger partial charge in [0.25, 0.3) is 5.91 Å². The Hall–Kier alpha value is -3.79. The molecule has 0 radical (unpaired) electrons. The van der Waals surface area contributed by atoms with Gasteiger partial charge in [-0.1, -0.05) is 30.3 Å². The van der Waals surface area contributed by atoms with Crippen LogP contribution in [0.2, 0.25) is 0 Å². The van der Waals surface area contributed by atoms with Crippen molar-refractivity contribution in [3.05, 3.63) is 68.7 Å². The van der Waals surface area contributed by atoms with Crippen LogP contribution in [0, 0.1) is 17.0 Å². The van der Waals surface area contributed by atoms with Crippen LogP contribution in [0.3, 0.4) is 0 Å². The van der Waals surface area contributed by atoms with Gasteiger partial charge < -0.3 is 9.47 Å². The third-order valence-corrected chi connectivity index (χ3v) is 5.19.